The molecule has 10 nitrogen and oxygen atoms in total. The second kappa shape index (κ2) is 9.49. The van der Waals surface area contributed by atoms with Crippen molar-refractivity contribution >= 4 is 38.8 Å². The zero-order chi connectivity index (χ0) is 24.2. The number of carboxylic acids is 1. The Kier molecular flexibility index (Phi) is 6.73. The molecule has 0 saturated carbocycles. The van der Waals surface area contributed by atoms with Crippen LogP contribution in [0.3, 0.4) is 0 Å². The van der Waals surface area contributed by atoms with Crippen LogP contribution in [0.25, 0.3) is 0 Å². The van der Waals surface area contributed by atoms with E-state index in [2.05, 4.69) is 15.2 Å². The van der Waals surface area contributed by atoms with Gasteiger partial charge in [0.05, 0.1) is 27.6 Å². The normalized spacial score (nSPS) is 11.6. The number of para-hydroxylation sites is 1. The molecule has 0 unspecified atom stereocenters. The number of nitro groups is 1. The number of carboxylic acid groups (broad SMARTS) is 1. The van der Waals surface area contributed by atoms with Crippen molar-refractivity contribution < 1.29 is 23.2 Å². The Morgan fingerprint density at radius 3 is 2.33 bits per heavy atom. The van der Waals surface area contributed by atoms with Crippen LogP contribution in [0.1, 0.15) is 28.4 Å². The number of hydrazone groups is 1. The molecule has 0 aromatic heterocycles. The summed E-state index contributed by atoms with van der Waals surface area (Å²) in [5.41, 5.74) is 4.15. The molecular weight excluding hydrogens is 448 g/mol. The molecule has 33 heavy (non-hydrogen) atoms. The first kappa shape index (κ1) is 23.4. The molecule has 170 valence electrons. The summed E-state index contributed by atoms with van der Waals surface area (Å²) in [5, 5.41) is 24.8. The number of benzene rings is 3. The highest BCUT2D eigenvalue weighted by Gasteiger charge is 2.24. The van der Waals surface area contributed by atoms with Gasteiger partial charge in [-0.15, -0.1) is 0 Å². The molecule has 0 bridgehead atoms. The Bertz CT molecular complexity index is 1350. The highest BCUT2D eigenvalue weighted by molar-refractivity contribution is 7.93. The Morgan fingerprint density at radius 2 is 1.70 bits per heavy atom. The van der Waals surface area contributed by atoms with E-state index in [1.54, 1.807) is 6.92 Å². The van der Waals surface area contributed by atoms with Crippen LogP contribution in [0.15, 0.2) is 76.7 Å². The molecule has 11 heteroatoms. The van der Waals surface area contributed by atoms with Gasteiger partial charge in [-0.05, 0) is 37.6 Å². The monoisotopic (exact) mass is 468 g/mol. The van der Waals surface area contributed by atoms with Crippen LogP contribution in [-0.4, -0.2) is 30.1 Å². The molecule has 0 aliphatic carbocycles. The molecule has 3 aromatic carbocycles. The number of hydrogen-bond acceptors (Lipinski definition) is 7. The zero-order valence-corrected chi connectivity index (χ0v) is 18.5. The fraction of sp³-hybridized carbons (Fsp3) is 0.0909. The lowest BCUT2D eigenvalue weighted by molar-refractivity contribution is -0.385. The van der Waals surface area contributed by atoms with E-state index in [9.17, 15) is 28.4 Å². The van der Waals surface area contributed by atoms with Crippen molar-refractivity contribution in [2.75, 3.05) is 10.1 Å². The van der Waals surface area contributed by atoms with Gasteiger partial charge in [0, 0.05) is 12.1 Å². The predicted octanol–water partition coefficient (Wildman–Crippen LogP) is 4.24. The molecule has 0 amide bonds. The number of rotatable bonds is 8. The van der Waals surface area contributed by atoms with Crippen molar-refractivity contribution in [1.29, 1.82) is 0 Å². The van der Waals surface area contributed by atoms with Gasteiger partial charge in [-0.25, -0.2) is 13.2 Å². The molecule has 0 aliphatic heterocycles. The first-order valence-electron chi connectivity index (χ1n) is 9.59. The van der Waals surface area contributed by atoms with Gasteiger partial charge in [0.25, 0.3) is 15.7 Å². The molecule has 3 rings (SSSR count). The Balaban J connectivity index is 2.02. The number of sulfonamides is 1. The fourth-order valence-corrected chi connectivity index (χ4v) is 4.16. The third-order valence-electron chi connectivity index (χ3n) is 4.68. The van der Waals surface area contributed by atoms with E-state index < -0.39 is 31.5 Å². The highest BCUT2D eigenvalue weighted by atomic mass is 32.2. The summed E-state index contributed by atoms with van der Waals surface area (Å²) in [6, 6.07) is 16.2. The van der Waals surface area contributed by atoms with Gasteiger partial charge >= 0.3 is 5.97 Å². The van der Waals surface area contributed by atoms with Crippen molar-refractivity contribution in [2.24, 2.45) is 5.10 Å². The SMILES string of the molecule is CC(=NNc1ccc([N+](=O)[O-])cc1S(=O)(=O)Nc1ccccc1C(=O)O)c1ccc(C)cc1. The number of aryl methyl sites for hydroxylation is 1. The standard InChI is InChI=1S/C22H20N4O6S/c1-14-7-9-16(10-8-14)15(2)23-24-20-12-11-17(26(29)30)13-21(20)33(31,32)25-19-6-4-3-5-18(19)22(27)28/h3-13,24-25H,1-2H3,(H,27,28). The van der Waals surface area contributed by atoms with Gasteiger partial charge in [-0.1, -0.05) is 42.0 Å². The highest BCUT2D eigenvalue weighted by Crippen LogP contribution is 2.29. The number of aromatic carboxylic acids is 1. The summed E-state index contributed by atoms with van der Waals surface area (Å²) >= 11 is 0. The summed E-state index contributed by atoms with van der Waals surface area (Å²) in [7, 11) is -4.42. The largest absolute Gasteiger partial charge is 0.478 e. The maximum atomic E-state index is 13.1. The summed E-state index contributed by atoms with van der Waals surface area (Å²) < 4.78 is 28.4. The lowest BCUT2D eigenvalue weighted by Crippen LogP contribution is -2.17. The number of non-ortho nitro benzene ring substituents is 1. The Morgan fingerprint density at radius 1 is 1.03 bits per heavy atom. The average molecular weight is 468 g/mol. The summed E-state index contributed by atoms with van der Waals surface area (Å²) in [6.45, 7) is 3.66. The maximum Gasteiger partial charge on any atom is 0.337 e. The third-order valence-corrected chi connectivity index (χ3v) is 6.09. The number of carbonyl (C=O) groups is 1. The maximum absolute atomic E-state index is 13.1. The van der Waals surface area contributed by atoms with Gasteiger partial charge in [0.15, 0.2) is 0 Å². The van der Waals surface area contributed by atoms with Crippen molar-refractivity contribution in [3.63, 3.8) is 0 Å². The molecule has 3 N–H and O–H groups in total. The van der Waals surface area contributed by atoms with Crippen LogP contribution in [0.5, 0.6) is 0 Å². The molecule has 0 fully saturated rings. The Labute approximate surface area is 189 Å². The van der Waals surface area contributed by atoms with Crippen LogP contribution in [0.4, 0.5) is 17.1 Å². The summed E-state index contributed by atoms with van der Waals surface area (Å²) in [6.07, 6.45) is 0. The van der Waals surface area contributed by atoms with Crippen molar-refractivity contribution in [3.05, 3.63) is 93.5 Å². The second-order valence-corrected chi connectivity index (χ2v) is 8.72. The van der Waals surface area contributed by atoms with Crippen LogP contribution in [0.2, 0.25) is 0 Å². The van der Waals surface area contributed by atoms with E-state index >= 15 is 0 Å². The molecule has 0 saturated heterocycles. The molecule has 0 atom stereocenters. The lowest BCUT2D eigenvalue weighted by atomic mass is 10.1. The third kappa shape index (κ3) is 5.52. The van der Waals surface area contributed by atoms with Crippen molar-refractivity contribution in [2.45, 2.75) is 18.7 Å². The van der Waals surface area contributed by atoms with E-state index in [4.69, 9.17) is 0 Å². The Hall–Kier alpha value is -4.25. The van der Waals surface area contributed by atoms with Crippen LogP contribution >= 0.6 is 0 Å². The summed E-state index contributed by atoms with van der Waals surface area (Å²) in [4.78, 5) is 21.5. The van der Waals surface area contributed by atoms with Crippen molar-refractivity contribution in [1.82, 2.24) is 0 Å². The molecule has 0 heterocycles. The quantitative estimate of drug-likeness (QED) is 0.254. The first-order chi connectivity index (χ1) is 15.6. The topological polar surface area (TPSA) is 151 Å². The number of anilines is 2. The second-order valence-electron chi connectivity index (χ2n) is 7.07. The molecule has 0 radical (unpaired) electrons. The molecule has 3 aromatic rings. The number of nitro benzene ring substituents is 1. The summed E-state index contributed by atoms with van der Waals surface area (Å²) in [5.74, 6) is -1.33. The van der Waals surface area contributed by atoms with Crippen molar-refractivity contribution in [3.8, 4) is 0 Å². The fourth-order valence-electron chi connectivity index (χ4n) is 2.90. The van der Waals surface area contributed by atoms with E-state index in [1.807, 2.05) is 31.2 Å². The minimum atomic E-state index is -4.42. The first-order valence-corrected chi connectivity index (χ1v) is 11.1. The number of nitrogens with one attached hydrogen (secondary N) is 2. The lowest BCUT2D eigenvalue weighted by Gasteiger charge is -2.14. The number of nitrogens with zero attached hydrogens (tertiary/aromatic N) is 2. The average Bonchev–Trinajstić information content (AvgIpc) is 2.77. The van der Waals surface area contributed by atoms with Crippen LogP contribution in [0, 0.1) is 17.0 Å². The van der Waals surface area contributed by atoms with Gasteiger partial charge in [0.2, 0.25) is 0 Å². The van der Waals surface area contributed by atoms with Gasteiger partial charge in [0.1, 0.15) is 4.90 Å². The van der Waals surface area contributed by atoms with E-state index in [-0.39, 0.29) is 16.9 Å². The van der Waals surface area contributed by atoms with E-state index in [1.165, 1.54) is 30.3 Å². The molecule has 0 spiro atoms. The van der Waals surface area contributed by atoms with E-state index in [0.29, 0.717) is 5.71 Å². The van der Waals surface area contributed by atoms with Crippen LogP contribution < -0.4 is 10.1 Å². The smallest absolute Gasteiger partial charge is 0.337 e. The minimum absolute atomic E-state index is 0.0210. The zero-order valence-electron chi connectivity index (χ0n) is 17.6. The molecule has 0 aliphatic rings. The minimum Gasteiger partial charge on any atom is -0.478 e. The van der Waals surface area contributed by atoms with E-state index in [0.717, 1.165) is 23.3 Å². The van der Waals surface area contributed by atoms with Crippen LogP contribution in [-0.2, 0) is 10.0 Å². The molecular formula is C22H20N4O6S. The van der Waals surface area contributed by atoms with Gasteiger partial charge in [-0.2, -0.15) is 5.10 Å². The van der Waals surface area contributed by atoms with Gasteiger partial charge < -0.3 is 5.11 Å². The van der Waals surface area contributed by atoms with Gasteiger partial charge in [-0.3, -0.25) is 20.3 Å². The predicted molar refractivity (Wildman–Crippen MR) is 124 cm³/mol. The number of hydrogen-bond donors (Lipinski definition) is 3.